The van der Waals surface area contributed by atoms with Crippen LogP contribution in [0.5, 0.6) is 28.7 Å². The summed E-state index contributed by atoms with van der Waals surface area (Å²) in [7, 11) is 0. The smallest absolute Gasteiger partial charge is 0.157 e. The summed E-state index contributed by atoms with van der Waals surface area (Å²) in [5.41, 5.74) is 1.25. The second kappa shape index (κ2) is 11.1. The van der Waals surface area contributed by atoms with Crippen LogP contribution in [0, 0.1) is 0 Å². The second-order valence-electron chi connectivity index (χ2n) is 8.32. The van der Waals surface area contributed by atoms with E-state index < -0.39 is 6.10 Å². The van der Waals surface area contributed by atoms with Crippen molar-refractivity contribution in [1.82, 2.24) is 0 Å². The van der Waals surface area contributed by atoms with Crippen LogP contribution in [-0.4, -0.2) is 33.1 Å². The maximum absolute atomic E-state index is 10.3. The first kappa shape index (κ1) is 23.1. The van der Waals surface area contributed by atoms with E-state index in [2.05, 4.69) is 6.92 Å². The van der Waals surface area contributed by atoms with Gasteiger partial charge in [0.05, 0.1) is 0 Å². The van der Waals surface area contributed by atoms with Gasteiger partial charge < -0.3 is 29.9 Å². The zero-order chi connectivity index (χ0) is 22.2. The van der Waals surface area contributed by atoms with Crippen LogP contribution in [-0.2, 0) is 11.2 Å². The Bertz CT molecular complexity index is 850. The number of phenolic OH excluding ortho intramolecular Hbond substituents is 4. The van der Waals surface area contributed by atoms with Crippen molar-refractivity contribution in [3.63, 3.8) is 0 Å². The van der Waals surface area contributed by atoms with Gasteiger partial charge >= 0.3 is 0 Å². The van der Waals surface area contributed by atoms with Crippen LogP contribution >= 0.6 is 0 Å². The number of rotatable bonds is 11. The highest BCUT2D eigenvalue weighted by atomic mass is 16.5. The molecule has 2 unspecified atom stereocenters. The Morgan fingerprint density at radius 2 is 1.55 bits per heavy atom. The number of hydrogen-bond acceptors (Lipinski definition) is 6. The standard InChI is InChI=1S/C25H34O6/c1-2-3-4-5-6-7-8-9-12-30-24-16-19-21(28)14-18(26)15-23(19)31-25(24)17-10-11-20(27)22(29)13-17/h10-11,13-15,24-29H,2-9,12,16H2,1H3. The summed E-state index contributed by atoms with van der Waals surface area (Å²) in [4.78, 5) is 0. The van der Waals surface area contributed by atoms with E-state index in [1.54, 1.807) is 6.07 Å². The molecular weight excluding hydrogens is 396 g/mol. The number of aromatic hydroxyl groups is 4. The minimum Gasteiger partial charge on any atom is -0.508 e. The molecule has 2 atom stereocenters. The van der Waals surface area contributed by atoms with Gasteiger partial charge in [-0.15, -0.1) is 0 Å². The van der Waals surface area contributed by atoms with Crippen LogP contribution in [0.15, 0.2) is 30.3 Å². The van der Waals surface area contributed by atoms with E-state index in [-0.39, 0.29) is 29.1 Å². The van der Waals surface area contributed by atoms with E-state index in [1.807, 2.05) is 0 Å². The SMILES string of the molecule is CCCCCCCCCCOC1Cc2c(O)cc(O)cc2OC1c1ccc(O)c(O)c1. The van der Waals surface area contributed by atoms with Gasteiger partial charge in [0, 0.05) is 30.7 Å². The third kappa shape index (κ3) is 6.20. The minimum absolute atomic E-state index is 0.0253. The van der Waals surface area contributed by atoms with Crippen molar-refractivity contribution >= 4 is 0 Å². The topological polar surface area (TPSA) is 99.4 Å². The summed E-state index contributed by atoms with van der Waals surface area (Å²) in [6.45, 7) is 2.80. The minimum atomic E-state index is -0.533. The molecule has 0 aliphatic carbocycles. The van der Waals surface area contributed by atoms with Crippen LogP contribution < -0.4 is 4.74 Å². The molecule has 0 fully saturated rings. The highest BCUT2D eigenvalue weighted by Gasteiger charge is 2.34. The Hall–Kier alpha value is -2.60. The average molecular weight is 431 g/mol. The summed E-state index contributed by atoms with van der Waals surface area (Å²) >= 11 is 0. The monoisotopic (exact) mass is 430 g/mol. The highest BCUT2D eigenvalue weighted by molar-refractivity contribution is 5.52. The van der Waals surface area contributed by atoms with Gasteiger partial charge in [-0.3, -0.25) is 0 Å². The first-order valence-electron chi connectivity index (χ1n) is 11.3. The predicted octanol–water partition coefficient (Wildman–Crippen LogP) is 5.71. The molecule has 0 amide bonds. The lowest BCUT2D eigenvalue weighted by Gasteiger charge is -2.34. The van der Waals surface area contributed by atoms with Crippen molar-refractivity contribution < 1.29 is 29.9 Å². The van der Waals surface area contributed by atoms with Crippen molar-refractivity contribution in [1.29, 1.82) is 0 Å². The van der Waals surface area contributed by atoms with Crippen LogP contribution in [0.3, 0.4) is 0 Å². The van der Waals surface area contributed by atoms with E-state index in [4.69, 9.17) is 9.47 Å². The molecule has 31 heavy (non-hydrogen) atoms. The normalized spacial score (nSPS) is 17.8. The zero-order valence-corrected chi connectivity index (χ0v) is 18.2. The zero-order valence-electron chi connectivity index (χ0n) is 18.2. The lowest BCUT2D eigenvalue weighted by Crippen LogP contribution is -2.33. The molecule has 3 rings (SSSR count). The van der Waals surface area contributed by atoms with E-state index in [1.165, 1.54) is 62.8 Å². The van der Waals surface area contributed by atoms with Crippen molar-refractivity contribution in [2.75, 3.05) is 6.61 Å². The first-order chi connectivity index (χ1) is 15.0. The van der Waals surface area contributed by atoms with Gasteiger partial charge in [0.1, 0.15) is 23.4 Å². The molecule has 0 aromatic heterocycles. The predicted molar refractivity (Wildman–Crippen MR) is 119 cm³/mol. The van der Waals surface area contributed by atoms with Crippen LogP contribution in [0.4, 0.5) is 0 Å². The summed E-state index contributed by atoms with van der Waals surface area (Å²) < 4.78 is 12.2. The van der Waals surface area contributed by atoms with Crippen LogP contribution in [0.25, 0.3) is 0 Å². The third-order valence-corrected chi connectivity index (χ3v) is 5.82. The van der Waals surface area contributed by atoms with Gasteiger partial charge in [-0.1, -0.05) is 57.9 Å². The van der Waals surface area contributed by atoms with E-state index in [0.29, 0.717) is 29.9 Å². The Labute approximate surface area is 184 Å². The number of hydrogen-bond donors (Lipinski definition) is 4. The molecule has 170 valence electrons. The summed E-state index contributed by atoms with van der Waals surface area (Å²) in [5.74, 6) is -0.148. The fraction of sp³-hybridized carbons (Fsp3) is 0.520. The molecule has 6 nitrogen and oxygen atoms in total. The van der Waals surface area contributed by atoms with Gasteiger partial charge in [0.15, 0.2) is 17.6 Å². The molecule has 6 heteroatoms. The molecular formula is C25H34O6. The van der Waals surface area contributed by atoms with Crippen LogP contribution in [0.2, 0.25) is 0 Å². The lowest BCUT2D eigenvalue weighted by atomic mass is 9.93. The molecule has 0 saturated heterocycles. The van der Waals surface area contributed by atoms with Gasteiger partial charge in [0.25, 0.3) is 0 Å². The molecule has 1 aliphatic heterocycles. The fourth-order valence-corrected chi connectivity index (χ4v) is 4.06. The van der Waals surface area contributed by atoms with Crippen molar-refractivity contribution in [3.05, 3.63) is 41.5 Å². The second-order valence-corrected chi connectivity index (χ2v) is 8.32. The molecule has 0 radical (unpaired) electrons. The van der Waals surface area contributed by atoms with Crippen molar-refractivity contribution in [2.24, 2.45) is 0 Å². The van der Waals surface area contributed by atoms with E-state index >= 15 is 0 Å². The Kier molecular flexibility index (Phi) is 8.29. The quantitative estimate of drug-likeness (QED) is 0.269. The summed E-state index contributed by atoms with van der Waals surface area (Å²) in [6, 6.07) is 7.32. The molecule has 4 N–H and O–H groups in total. The summed E-state index contributed by atoms with van der Waals surface area (Å²) in [6.07, 6.45) is 9.22. The van der Waals surface area contributed by atoms with Gasteiger partial charge in [0.2, 0.25) is 0 Å². The highest BCUT2D eigenvalue weighted by Crippen LogP contribution is 2.43. The maximum atomic E-state index is 10.3. The number of benzene rings is 2. The molecule has 2 aromatic carbocycles. The van der Waals surface area contributed by atoms with Gasteiger partial charge in [-0.2, -0.15) is 0 Å². The van der Waals surface area contributed by atoms with Crippen molar-refractivity contribution in [3.8, 4) is 28.7 Å². The number of ether oxygens (including phenoxy) is 2. The number of fused-ring (bicyclic) bond motifs is 1. The van der Waals surface area contributed by atoms with Crippen LogP contribution in [0.1, 0.15) is 75.5 Å². The third-order valence-electron chi connectivity index (χ3n) is 5.82. The van der Waals surface area contributed by atoms with E-state index in [0.717, 1.165) is 12.8 Å². The Balaban J connectivity index is 1.63. The Morgan fingerprint density at radius 1 is 0.839 bits per heavy atom. The molecule has 1 heterocycles. The summed E-state index contributed by atoms with van der Waals surface area (Å²) in [5, 5.41) is 39.6. The maximum Gasteiger partial charge on any atom is 0.157 e. The Morgan fingerprint density at radius 3 is 2.26 bits per heavy atom. The van der Waals surface area contributed by atoms with Crippen molar-refractivity contribution in [2.45, 2.75) is 76.9 Å². The lowest BCUT2D eigenvalue weighted by molar-refractivity contribution is -0.0393. The molecule has 0 bridgehead atoms. The molecule has 1 aliphatic rings. The largest absolute Gasteiger partial charge is 0.508 e. The first-order valence-corrected chi connectivity index (χ1v) is 11.3. The molecule has 0 spiro atoms. The number of phenols is 4. The average Bonchev–Trinajstić information content (AvgIpc) is 2.74. The number of unbranched alkanes of at least 4 members (excludes halogenated alkanes) is 7. The molecule has 2 aromatic rings. The van der Waals surface area contributed by atoms with Gasteiger partial charge in [-0.25, -0.2) is 0 Å². The fourth-order valence-electron chi connectivity index (χ4n) is 4.06. The van der Waals surface area contributed by atoms with E-state index in [9.17, 15) is 20.4 Å². The van der Waals surface area contributed by atoms with Gasteiger partial charge in [-0.05, 0) is 24.1 Å². The molecule has 0 saturated carbocycles.